The van der Waals surface area contributed by atoms with Crippen molar-refractivity contribution in [1.82, 2.24) is 0 Å². The van der Waals surface area contributed by atoms with Crippen LogP contribution in [0.4, 0.5) is 0 Å². The number of methoxy groups -OCH3 is 1. The van der Waals surface area contributed by atoms with Gasteiger partial charge in [0.25, 0.3) is 0 Å². The van der Waals surface area contributed by atoms with E-state index in [1.807, 2.05) is 11.4 Å². The van der Waals surface area contributed by atoms with Crippen molar-refractivity contribution in [1.29, 1.82) is 0 Å². The molecule has 0 aliphatic carbocycles. The van der Waals surface area contributed by atoms with Crippen molar-refractivity contribution in [3.05, 3.63) is 23.1 Å². The molecule has 0 fully saturated rings. The molecule has 0 saturated carbocycles. The van der Waals surface area contributed by atoms with E-state index in [0.29, 0.717) is 5.75 Å². The molecule has 2 N–H and O–H groups in total. The Balaban J connectivity index is 2.72. The summed E-state index contributed by atoms with van der Waals surface area (Å²) >= 11 is 1.40. The Hall–Kier alpha value is -1.26. The van der Waals surface area contributed by atoms with Crippen LogP contribution in [-0.2, 0) is 6.61 Å². The molecule has 0 atom stereocenters. The van der Waals surface area contributed by atoms with Gasteiger partial charge in [0.1, 0.15) is 0 Å². The second-order valence-electron chi connectivity index (χ2n) is 2.91. The molecule has 4 heteroatoms. The Labute approximate surface area is 85.2 Å². The Kier molecular flexibility index (Phi) is 2.31. The molecule has 3 nitrogen and oxygen atoms in total. The van der Waals surface area contributed by atoms with E-state index in [0.717, 1.165) is 15.6 Å². The topological polar surface area (TPSA) is 49.7 Å². The molecule has 0 radical (unpaired) electrons. The number of phenols is 1. The van der Waals surface area contributed by atoms with E-state index in [1.165, 1.54) is 18.4 Å². The minimum atomic E-state index is -0.00817. The second kappa shape index (κ2) is 3.48. The van der Waals surface area contributed by atoms with Gasteiger partial charge in [0, 0.05) is 5.39 Å². The van der Waals surface area contributed by atoms with E-state index >= 15 is 0 Å². The molecule has 1 aromatic carbocycles. The highest BCUT2D eigenvalue weighted by Gasteiger charge is 2.10. The SMILES string of the molecule is COc1ccc2c(CO)csc2c1O. The normalized spacial score (nSPS) is 10.7. The Morgan fingerprint density at radius 1 is 1.43 bits per heavy atom. The van der Waals surface area contributed by atoms with Crippen LogP contribution in [0.25, 0.3) is 10.1 Å². The number of phenolic OH excluding ortho intramolecular Hbond substituents is 1. The van der Waals surface area contributed by atoms with Crippen LogP contribution in [0.15, 0.2) is 17.5 Å². The largest absolute Gasteiger partial charge is 0.503 e. The maximum absolute atomic E-state index is 9.76. The number of aromatic hydroxyl groups is 1. The number of rotatable bonds is 2. The van der Waals surface area contributed by atoms with Gasteiger partial charge < -0.3 is 14.9 Å². The molecule has 0 aliphatic heterocycles. The maximum Gasteiger partial charge on any atom is 0.175 e. The number of aliphatic hydroxyl groups excluding tert-OH is 1. The highest BCUT2D eigenvalue weighted by molar-refractivity contribution is 7.17. The van der Waals surface area contributed by atoms with Gasteiger partial charge in [-0.1, -0.05) is 0 Å². The first kappa shape index (κ1) is 9.30. The van der Waals surface area contributed by atoms with Gasteiger partial charge in [-0.2, -0.15) is 0 Å². The highest BCUT2D eigenvalue weighted by Crippen LogP contribution is 2.39. The fourth-order valence-electron chi connectivity index (χ4n) is 1.41. The van der Waals surface area contributed by atoms with E-state index in [4.69, 9.17) is 9.84 Å². The van der Waals surface area contributed by atoms with Crippen LogP contribution in [0.1, 0.15) is 5.56 Å². The third kappa shape index (κ3) is 1.23. The molecule has 1 aromatic heterocycles. The minimum absolute atomic E-state index is 0.00817. The molecule has 0 aliphatic rings. The molecule has 14 heavy (non-hydrogen) atoms. The molecule has 0 saturated heterocycles. The van der Waals surface area contributed by atoms with Gasteiger partial charge in [0.05, 0.1) is 18.4 Å². The van der Waals surface area contributed by atoms with Crippen LogP contribution in [0, 0.1) is 0 Å². The molecule has 0 spiro atoms. The van der Waals surface area contributed by atoms with Gasteiger partial charge in [0.2, 0.25) is 0 Å². The fourth-order valence-corrected chi connectivity index (χ4v) is 2.41. The lowest BCUT2D eigenvalue weighted by atomic mass is 10.1. The lowest BCUT2D eigenvalue weighted by Crippen LogP contribution is -1.84. The molecule has 0 amide bonds. The molecule has 2 aromatic rings. The van der Waals surface area contributed by atoms with Crippen LogP contribution in [0.2, 0.25) is 0 Å². The van der Waals surface area contributed by atoms with Crippen LogP contribution in [-0.4, -0.2) is 17.3 Å². The molecule has 2 rings (SSSR count). The van der Waals surface area contributed by atoms with Crippen LogP contribution in [0.5, 0.6) is 11.5 Å². The third-order valence-corrected chi connectivity index (χ3v) is 3.20. The van der Waals surface area contributed by atoms with Gasteiger partial charge >= 0.3 is 0 Å². The van der Waals surface area contributed by atoms with Gasteiger partial charge in [-0.3, -0.25) is 0 Å². The van der Waals surface area contributed by atoms with Crippen LogP contribution >= 0.6 is 11.3 Å². The summed E-state index contributed by atoms with van der Waals surface area (Å²) in [5.41, 5.74) is 0.836. The number of thiophene rings is 1. The van der Waals surface area contributed by atoms with Crippen LogP contribution < -0.4 is 4.74 Å². The zero-order valence-corrected chi connectivity index (χ0v) is 8.47. The van der Waals surface area contributed by atoms with Crippen molar-refractivity contribution in [3.8, 4) is 11.5 Å². The Morgan fingerprint density at radius 2 is 2.21 bits per heavy atom. The number of aliphatic hydroxyl groups is 1. The van der Waals surface area contributed by atoms with E-state index in [-0.39, 0.29) is 12.4 Å². The summed E-state index contributed by atoms with van der Waals surface area (Å²) in [5, 5.41) is 21.5. The molecular weight excluding hydrogens is 200 g/mol. The zero-order valence-electron chi connectivity index (χ0n) is 7.65. The molecule has 0 unspecified atom stereocenters. The Bertz CT molecular complexity index is 462. The quantitative estimate of drug-likeness (QED) is 0.798. The van der Waals surface area contributed by atoms with E-state index < -0.39 is 0 Å². The van der Waals surface area contributed by atoms with Crippen molar-refractivity contribution in [2.45, 2.75) is 6.61 Å². The first-order chi connectivity index (χ1) is 6.77. The van der Waals surface area contributed by atoms with Crippen LogP contribution in [0.3, 0.4) is 0 Å². The van der Waals surface area contributed by atoms with Gasteiger partial charge in [0.15, 0.2) is 11.5 Å². The van der Waals surface area contributed by atoms with E-state index in [1.54, 1.807) is 6.07 Å². The predicted molar refractivity (Wildman–Crippen MR) is 56.0 cm³/mol. The predicted octanol–water partition coefficient (Wildman–Crippen LogP) is 2.11. The summed E-state index contributed by atoms with van der Waals surface area (Å²) < 4.78 is 5.75. The monoisotopic (exact) mass is 210 g/mol. The number of hydrogen-bond donors (Lipinski definition) is 2. The Morgan fingerprint density at radius 3 is 2.86 bits per heavy atom. The summed E-state index contributed by atoms with van der Waals surface area (Å²) in [6, 6.07) is 3.54. The standard InChI is InChI=1S/C10H10O3S/c1-13-8-3-2-7-6(4-11)5-14-10(7)9(8)12/h2-3,5,11-12H,4H2,1H3. The van der Waals surface area contributed by atoms with E-state index in [9.17, 15) is 5.11 Å². The highest BCUT2D eigenvalue weighted by atomic mass is 32.1. The number of benzene rings is 1. The molecular formula is C10H10O3S. The molecule has 74 valence electrons. The fraction of sp³-hybridized carbons (Fsp3) is 0.200. The smallest absolute Gasteiger partial charge is 0.175 e. The first-order valence-electron chi connectivity index (χ1n) is 4.14. The van der Waals surface area contributed by atoms with Crippen molar-refractivity contribution < 1.29 is 14.9 Å². The molecule has 1 heterocycles. The van der Waals surface area contributed by atoms with Gasteiger partial charge in [-0.05, 0) is 23.1 Å². The number of fused-ring (bicyclic) bond motifs is 1. The third-order valence-electron chi connectivity index (χ3n) is 2.15. The number of ether oxygens (including phenoxy) is 1. The number of hydrogen-bond acceptors (Lipinski definition) is 4. The summed E-state index contributed by atoms with van der Waals surface area (Å²) in [7, 11) is 1.52. The second-order valence-corrected chi connectivity index (χ2v) is 3.79. The first-order valence-corrected chi connectivity index (χ1v) is 5.02. The lowest BCUT2D eigenvalue weighted by Gasteiger charge is -2.03. The summed E-state index contributed by atoms with van der Waals surface area (Å²) in [6.45, 7) is -0.00817. The maximum atomic E-state index is 9.76. The van der Waals surface area contributed by atoms with Gasteiger partial charge in [-0.15, -0.1) is 11.3 Å². The zero-order chi connectivity index (χ0) is 10.1. The van der Waals surface area contributed by atoms with Crippen molar-refractivity contribution in [2.24, 2.45) is 0 Å². The minimum Gasteiger partial charge on any atom is -0.503 e. The summed E-state index contributed by atoms with van der Waals surface area (Å²) in [5.74, 6) is 0.610. The van der Waals surface area contributed by atoms with Crippen molar-refractivity contribution >= 4 is 21.4 Å². The average Bonchev–Trinajstić information content (AvgIpc) is 2.62. The average molecular weight is 210 g/mol. The van der Waals surface area contributed by atoms with E-state index in [2.05, 4.69) is 0 Å². The van der Waals surface area contributed by atoms with Crippen molar-refractivity contribution in [2.75, 3.05) is 7.11 Å². The summed E-state index contributed by atoms with van der Waals surface area (Å²) in [4.78, 5) is 0. The lowest BCUT2D eigenvalue weighted by molar-refractivity contribution is 0.284. The van der Waals surface area contributed by atoms with Gasteiger partial charge in [-0.25, -0.2) is 0 Å². The van der Waals surface area contributed by atoms with Crippen molar-refractivity contribution in [3.63, 3.8) is 0 Å². The summed E-state index contributed by atoms with van der Waals surface area (Å²) in [6.07, 6.45) is 0. The molecule has 0 bridgehead atoms.